The molecule has 0 spiro atoms. The van der Waals surface area contributed by atoms with E-state index in [-0.39, 0.29) is 55.9 Å². The highest BCUT2D eigenvalue weighted by atomic mass is 32.2. The van der Waals surface area contributed by atoms with Crippen LogP contribution in [0, 0.1) is 23.2 Å². The van der Waals surface area contributed by atoms with Gasteiger partial charge in [0.15, 0.2) is 0 Å². The zero-order valence-corrected chi connectivity index (χ0v) is 21.1. The van der Waals surface area contributed by atoms with E-state index < -0.39 is 22.2 Å². The van der Waals surface area contributed by atoms with Gasteiger partial charge in [0.25, 0.3) is 10.2 Å². The van der Waals surface area contributed by atoms with E-state index in [1.165, 1.54) is 8.61 Å². The number of likely N-dealkylation sites (tertiary alicyclic amines) is 1. The van der Waals surface area contributed by atoms with Gasteiger partial charge in [-0.2, -0.15) is 22.3 Å². The van der Waals surface area contributed by atoms with Gasteiger partial charge in [0.05, 0.1) is 30.6 Å². The Morgan fingerprint density at radius 3 is 2.50 bits per heavy atom. The number of nitrogens with zero attached hydrogens (tertiary/aromatic N) is 4. The fourth-order valence-corrected chi connectivity index (χ4v) is 7.87. The van der Waals surface area contributed by atoms with Crippen LogP contribution in [0.15, 0.2) is 24.3 Å². The number of hydrogen-bond acceptors (Lipinski definition) is 6. The minimum Gasteiger partial charge on any atom is -0.396 e. The van der Waals surface area contributed by atoms with Crippen molar-refractivity contribution < 1.29 is 23.1 Å². The van der Waals surface area contributed by atoms with Crippen molar-refractivity contribution >= 4 is 22.0 Å². The van der Waals surface area contributed by atoms with Gasteiger partial charge < -0.3 is 15.3 Å². The number of carbonyl (C=O) groups is 2. The molecule has 0 bridgehead atoms. The van der Waals surface area contributed by atoms with Gasteiger partial charge in [-0.25, -0.2) is 0 Å². The van der Waals surface area contributed by atoms with Crippen LogP contribution >= 0.6 is 0 Å². The van der Waals surface area contributed by atoms with E-state index in [9.17, 15) is 23.1 Å². The quantitative estimate of drug-likeness (QED) is 0.574. The van der Waals surface area contributed by atoms with Crippen LogP contribution in [-0.4, -0.2) is 84.2 Å². The zero-order chi connectivity index (χ0) is 25.4. The van der Waals surface area contributed by atoms with Crippen LogP contribution in [-0.2, 0) is 19.8 Å². The zero-order valence-electron chi connectivity index (χ0n) is 20.3. The first-order valence-electron chi connectivity index (χ1n) is 12.8. The van der Waals surface area contributed by atoms with Gasteiger partial charge in [-0.1, -0.05) is 24.3 Å². The summed E-state index contributed by atoms with van der Waals surface area (Å²) in [6.45, 7) is 1.36. The Hall–Kier alpha value is -2.52. The Kier molecular flexibility index (Phi) is 7.05. The maximum absolute atomic E-state index is 13.5. The molecule has 4 aliphatic rings. The Morgan fingerprint density at radius 1 is 1.06 bits per heavy atom. The smallest absolute Gasteiger partial charge is 0.282 e. The van der Waals surface area contributed by atoms with Gasteiger partial charge in [0.2, 0.25) is 11.8 Å². The van der Waals surface area contributed by atoms with Crippen molar-refractivity contribution in [2.24, 2.45) is 11.8 Å². The summed E-state index contributed by atoms with van der Waals surface area (Å²) in [6, 6.07) is 9.12. The normalized spacial score (nSPS) is 29.4. The van der Waals surface area contributed by atoms with Crippen LogP contribution in [0.5, 0.6) is 0 Å². The van der Waals surface area contributed by atoms with Gasteiger partial charge in [-0.05, 0) is 43.2 Å². The van der Waals surface area contributed by atoms with E-state index in [2.05, 4.69) is 11.4 Å². The van der Waals surface area contributed by atoms with E-state index in [1.54, 1.807) is 4.90 Å². The molecular weight excluding hydrogens is 482 g/mol. The summed E-state index contributed by atoms with van der Waals surface area (Å²) in [6.07, 6.45) is 3.10. The molecule has 1 aromatic carbocycles. The molecule has 3 fully saturated rings. The minimum atomic E-state index is -3.69. The number of benzene rings is 1. The molecule has 1 aromatic rings. The highest BCUT2D eigenvalue weighted by Gasteiger charge is 2.44. The first-order chi connectivity index (χ1) is 17.3. The van der Waals surface area contributed by atoms with Crippen LogP contribution in [0.1, 0.15) is 55.2 Å². The molecule has 5 rings (SSSR count). The minimum absolute atomic E-state index is 0.0159. The second kappa shape index (κ2) is 10.1. The summed E-state index contributed by atoms with van der Waals surface area (Å²) in [7, 11) is -3.69. The van der Waals surface area contributed by atoms with Crippen LogP contribution in [0.4, 0.5) is 0 Å². The Bertz CT molecular complexity index is 1160. The number of fused-ring (bicyclic) bond motifs is 1. The maximum Gasteiger partial charge on any atom is 0.282 e. The van der Waals surface area contributed by atoms with Crippen LogP contribution in [0.25, 0.3) is 0 Å². The molecule has 0 aromatic heterocycles. The summed E-state index contributed by atoms with van der Waals surface area (Å²) in [4.78, 5) is 28.5. The average Bonchev–Trinajstić information content (AvgIpc) is 3.48. The maximum atomic E-state index is 13.5. The number of aliphatic hydroxyl groups excluding tert-OH is 1. The van der Waals surface area contributed by atoms with Gasteiger partial charge >= 0.3 is 0 Å². The monoisotopic (exact) mass is 515 g/mol. The van der Waals surface area contributed by atoms with Crippen molar-refractivity contribution in [3.8, 4) is 6.07 Å². The predicted octanol–water partition coefficient (Wildman–Crippen LogP) is 0.727. The third-order valence-electron chi connectivity index (χ3n) is 8.12. The highest BCUT2D eigenvalue weighted by Crippen LogP contribution is 2.40. The van der Waals surface area contributed by atoms with Crippen molar-refractivity contribution in [2.75, 3.05) is 39.3 Å². The number of hydrogen-bond donors (Lipinski definition) is 2. The Morgan fingerprint density at radius 2 is 1.78 bits per heavy atom. The molecule has 36 heavy (non-hydrogen) atoms. The number of piperidine rings is 1. The van der Waals surface area contributed by atoms with E-state index in [0.29, 0.717) is 38.8 Å². The lowest BCUT2D eigenvalue weighted by Gasteiger charge is -2.41. The molecule has 194 valence electrons. The van der Waals surface area contributed by atoms with E-state index in [1.807, 2.05) is 24.3 Å². The fraction of sp³-hybridized carbons (Fsp3) is 0.640. The standard InChI is InChI=1S/C25H33N5O5S/c26-12-17-13-29(14-17)36(34,35)28-9-3-5-18(15-28)25(33)30-10-4-8-23(30)24(32)27-22-11-19(16-31)20-6-1-2-7-21(20)22/h1-2,6-7,17-19,22-23,31H,3-5,8-11,13-16H2,(H,27,32)/t18-,19+,22-,23+/m0/s1. The number of nitriles is 1. The Balaban J connectivity index is 1.23. The number of aliphatic hydroxyl groups is 1. The summed E-state index contributed by atoms with van der Waals surface area (Å²) < 4.78 is 28.6. The molecule has 11 heteroatoms. The fourth-order valence-electron chi connectivity index (χ4n) is 6.08. The second-order valence-corrected chi connectivity index (χ2v) is 12.3. The Labute approximate surface area is 212 Å². The van der Waals surface area contributed by atoms with Gasteiger partial charge in [0.1, 0.15) is 6.04 Å². The summed E-state index contributed by atoms with van der Waals surface area (Å²) in [5, 5.41) is 21.9. The lowest BCUT2D eigenvalue weighted by atomic mass is 9.97. The molecule has 4 atom stereocenters. The van der Waals surface area contributed by atoms with E-state index in [4.69, 9.17) is 5.26 Å². The number of carbonyl (C=O) groups excluding carboxylic acids is 2. The first-order valence-corrected chi connectivity index (χ1v) is 14.2. The largest absolute Gasteiger partial charge is 0.396 e. The molecule has 1 aliphatic carbocycles. The van der Waals surface area contributed by atoms with Crippen LogP contribution in [0.3, 0.4) is 0 Å². The first kappa shape index (κ1) is 25.1. The molecule has 3 saturated heterocycles. The molecule has 0 radical (unpaired) electrons. The van der Waals surface area contributed by atoms with E-state index in [0.717, 1.165) is 17.5 Å². The number of rotatable bonds is 6. The third kappa shape index (κ3) is 4.52. The lowest BCUT2D eigenvalue weighted by molar-refractivity contribution is -0.142. The summed E-state index contributed by atoms with van der Waals surface area (Å²) in [5.74, 6) is -1.13. The number of nitrogens with one attached hydrogen (secondary N) is 1. The molecular formula is C25H33N5O5S. The van der Waals surface area contributed by atoms with Gasteiger partial charge in [-0.15, -0.1) is 0 Å². The average molecular weight is 516 g/mol. The topological polar surface area (TPSA) is 134 Å². The molecule has 2 amide bonds. The highest BCUT2D eigenvalue weighted by molar-refractivity contribution is 7.86. The van der Waals surface area contributed by atoms with Crippen LogP contribution < -0.4 is 5.32 Å². The van der Waals surface area contributed by atoms with Crippen molar-refractivity contribution in [3.05, 3.63) is 35.4 Å². The van der Waals surface area contributed by atoms with E-state index >= 15 is 0 Å². The van der Waals surface area contributed by atoms with Gasteiger partial charge in [0, 0.05) is 38.6 Å². The number of amides is 2. The van der Waals surface area contributed by atoms with Crippen LogP contribution in [0.2, 0.25) is 0 Å². The predicted molar refractivity (Wildman–Crippen MR) is 130 cm³/mol. The molecule has 3 aliphatic heterocycles. The van der Waals surface area contributed by atoms with Gasteiger partial charge in [-0.3, -0.25) is 9.59 Å². The molecule has 10 nitrogen and oxygen atoms in total. The molecule has 2 N–H and O–H groups in total. The van der Waals surface area contributed by atoms with Crippen molar-refractivity contribution in [3.63, 3.8) is 0 Å². The second-order valence-electron chi connectivity index (χ2n) is 10.3. The SMILES string of the molecule is N#CC1CN(S(=O)(=O)N2CCC[C@H](C(=O)N3CCC[C@@H]3C(=O)N[C@H]3C[C@H](CO)c4ccccc43)C2)C1. The molecule has 0 saturated carbocycles. The lowest BCUT2D eigenvalue weighted by Crippen LogP contribution is -2.57. The third-order valence-corrected chi connectivity index (χ3v) is 10.1. The van der Waals surface area contributed by atoms with Crippen molar-refractivity contribution in [1.82, 2.24) is 18.8 Å². The summed E-state index contributed by atoms with van der Waals surface area (Å²) in [5.41, 5.74) is 2.06. The van der Waals surface area contributed by atoms with Crippen molar-refractivity contribution in [2.45, 2.75) is 50.1 Å². The molecule has 0 unspecified atom stereocenters. The molecule has 3 heterocycles. The van der Waals surface area contributed by atoms with Crippen molar-refractivity contribution in [1.29, 1.82) is 5.26 Å². The summed E-state index contributed by atoms with van der Waals surface area (Å²) >= 11 is 0.